The van der Waals surface area contributed by atoms with Crippen molar-refractivity contribution in [2.24, 2.45) is 0 Å². The zero-order valence-electron chi connectivity index (χ0n) is 69.1. The number of aliphatic hydroxyl groups excluding tert-OH is 11. The van der Waals surface area contributed by atoms with Gasteiger partial charge in [-0.2, -0.15) is 0 Å². The van der Waals surface area contributed by atoms with E-state index in [1.54, 1.807) is 6.08 Å². The van der Waals surface area contributed by atoms with Crippen LogP contribution >= 0.6 is 0 Å². The first-order valence-corrected chi connectivity index (χ1v) is 45.4. The molecule has 0 aromatic rings. The molecule has 109 heavy (non-hydrogen) atoms. The molecule has 3 saturated heterocycles. The van der Waals surface area contributed by atoms with Gasteiger partial charge in [-0.15, -0.1) is 0 Å². The van der Waals surface area contributed by atoms with E-state index < -0.39 is 124 Å². The van der Waals surface area contributed by atoms with Crippen LogP contribution in [0.2, 0.25) is 0 Å². The van der Waals surface area contributed by atoms with Gasteiger partial charge in [0.25, 0.3) is 0 Å². The highest BCUT2D eigenvalue weighted by molar-refractivity contribution is 5.76. The van der Waals surface area contributed by atoms with Gasteiger partial charge in [-0.25, -0.2) is 0 Å². The number of allylic oxidation sites excluding steroid dienone is 7. The van der Waals surface area contributed by atoms with E-state index >= 15 is 0 Å². The number of hydrogen-bond acceptors (Lipinski definition) is 18. The molecule has 19 heteroatoms. The number of carbonyl (C=O) groups excluding carboxylic acids is 1. The fourth-order valence-electron chi connectivity index (χ4n) is 15.4. The SMILES string of the molecule is CCCCCCC/C=C\C/C=C\C/C=C\CCCCCCCCCCCCCCCCCCCCC(=O)NC(COC1OC(CO)C(OC2OC(CO)C(OC3OC(CO)C(O)C(O)C3O)C(O)C2O)C(O)C1O)C(O)/C=C/CCCCCCCCCCCCCCCCCCCCCCCCCCCCCCC. The molecule has 3 aliphatic heterocycles. The van der Waals surface area contributed by atoms with Crippen molar-refractivity contribution in [3.8, 4) is 0 Å². The largest absolute Gasteiger partial charge is 0.394 e. The van der Waals surface area contributed by atoms with Crippen molar-refractivity contribution < 1.29 is 89.4 Å². The van der Waals surface area contributed by atoms with Crippen molar-refractivity contribution in [1.82, 2.24) is 5.32 Å². The minimum absolute atomic E-state index is 0.245. The van der Waals surface area contributed by atoms with Gasteiger partial charge >= 0.3 is 0 Å². The van der Waals surface area contributed by atoms with Gasteiger partial charge in [0.15, 0.2) is 18.9 Å². The number of amides is 1. The third-order valence-corrected chi connectivity index (χ3v) is 22.6. The lowest BCUT2D eigenvalue weighted by atomic mass is 9.96. The van der Waals surface area contributed by atoms with Crippen molar-refractivity contribution in [1.29, 1.82) is 0 Å². The summed E-state index contributed by atoms with van der Waals surface area (Å²) in [6.07, 6.45) is 64.0. The summed E-state index contributed by atoms with van der Waals surface area (Å²) >= 11 is 0. The molecule has 0 radical (unpaired) electrons. The van der Waals surface area contributed by atoms with Crippen molar-refractivity contribution in [3.05, 3.63) is 48.6 Å². The number of hydrogen-bond donors (Lipinski definition) is 12. The summed E-state index contributed by atoms with van der Waals surface area (Å²) in [6, 6.07) is -0.976. The van der Waals surface area contributed by atoms with Gasteiger partial charge in [0.1, 0.15) is 73.2 Å². The number of unbranched alkanes of at least 4 members (excludes halogenated alkanes) is 52. The minimum atomic E-state index is -1.98. The smallest absolute Gasteiger partial charge is 0.220 e. The fourth-order valence-corrected chi connectivity index (χ4v) is 15.4. The van der Waals surface area contributed by atoms with Crippen LogP contribution in [0.5, 0.6) is 0 Å². The highest BCUT2D eigenvalue weighted by atomic mass is 16.8. The van der Waals surface area contributed by atoms with E-state index in [1.165, 1.54) is 302 Å². The van der Waals surface area contributed by atoms with Gasteiger partial charge in [-0.3, -0.25) is 4.79 Å². The Hall–Kier alpha value is -2.25. The first-order valence-electron chi connectivity index (χ1n) is 45.4. The molecule has 19 nitrogen and oxygen atoms in total. The van der Waals surface area contributed by atoms with E-state index in [0.717, 1.165) is 57.8 Å². The Labute approximate surface area is 663 Å². The molecule has 640 valence electrons. The maximum atomic E-state index is 13.5. The second-order valence-electron chi connectivity index (χ2n) is 32.4. The highest BCUT2D eigenvalue weighted by Gasteiger charge is 2.54. The second kappa shape index (κ2) is 70.0. The lowest BCUT2D eigenvalue weighted by molar-refractivity contribution is -0.379. The maximum absolute atomic E-state index is 13.5. The van der Waals surface area contributed by atoms with Crippen LogP contribution in [0.4, 0.5) is 0 Å². The Morgan fingerprint density at radius 1 is 0.330 bits per heavy atom. The monoisotopic (exact) mass is 1550 g/mol. The van der Waals surface area contributed by atoms with Crippen LogP contribution in [0.1, 0.15) is 386 Å². The van der Waals surface area contributed by atoms with Crippen molar-refractivity contribution >= 4 is 5.91 Å². The predicted octanol–water partition coefficient (Wildman–Crippen LogP) is 17.2. The van der Waals surface area contributed by atoms with E-state index in [4.69, 9.17) is 28.4 Å². The zero-order chi connectivity index (χ0) is 78.8. The number of rotatable bonds is 74. The lowest BCUT2D eigenvalue weighted by Gasteiger charge is -2.48. The van der Waals surface area contributed by atoms with Crippen LogP contribution in [0.15, 0.2) is 48.6 Å². The summed E-state index contributed by atoms with van der Waals surface area (Å²) < 4.78 is 34.5. The first-order chi connectivity index (χ1) is 53.3. The lowest BCUT2D eigenvalue weighted by Crippen LogP contribution is -2.66. The van der Waals surface area contributed by atoms with Gasteiger partial charge in [-0.05, 0) is 57.8 Å². The van der Waals surface area contributed by atoms with E-state index in [1.807, 2.05) is 6.08 Å². The summed E-state index contributed by atoms with van der Waals surface area (Å²) in [5.74, 6) is -0.269. The van der Waals surface area contributed by atoms with Crippen LogP contribution in [-0.4, -0.2) is 193 Å². The Morgan fingerprint density at radius 3 is 0.945 bits per heavy atom. The van der Waals surface area contributed by atoms with Crippen LogP contribution < -0.4 is 5.32 Å². The Morgan fingerprint density at radius 2 is 0.606 bits per heavy atom. The summed E-state index contributed by atoms with van der Waals surface area (Å²) in [7, 11) is 0. The van der Waals surface area contributed by atoms with E-state index in [2.05, 4.69) is 55.6 Å². The van der Waals surface area contributed by atoms with Crippen LogP contribution in [-0.2, 0) is 33.2 Å². The van der Waals surface area contributed by atoms with Crippen molar-refractivity contribution in [2.75, 3.05) is 26.4 Å². The summed E-state index contributed by atoms with van der Waals surface area (Å²) in [5, 5.41) is 121. The van der Waals surface area contributed by atoms with E-state index in [9.17, 15) is 61.0 Å². The van der Waals surface area contributed by atoms with Crippen molar-refractivity contribution in [2.45, 2.75) is 491 Å². The van der Waals surface area contributed by atoms with Gasteiger partial charge < -0.3 is 89.9 Å². The van der Waals surface area contributed by atoms with Crippen LogP contribution in [0.3, 0.4) is 0 Å². The normalized spacial score (nSPS) is 25.5. The molecule has 17 atom stereocenters. The van der Waals surface area contributed by atoms with E-state index in [-0.39, 0.29) is 18.9 Å². The molecular formula is C90H167NO18. The van der Waals surface area contributed by atoms with Crippen LogP contribution in [0.25, 0.3) is 0 Å². The molecule has 0 spiro atoms. The molecule has 12 N–H and O–H groups in total. The molecule has 3 fully saturated rings. The average molecular weight is 1550 g/mol. The van der Waals surface area contributed by atoms with Gasteiger partial charge in [0.2, 0.25) is 5.91 Å². The number of carbonyl (C=O) groups is 1. The molecule has 0 aliphatic carbocycles. The van der Waals surface area contributed by atoms with Gasteiger partial charge in [0.05, 0.1) is 38.6 Å². The molecule has 3 aliphatic rings. The molecule has 0 aromatic heterocycles. The molecule has 0 bridgehead atoms. The Balaban J connectivity index is 1.33. The van der Waals surface area contributed by atoms with Gasteiger partial charge in [0, 0.05) is 6.42 Å². The molecule has 1 amide bonds. The highest BCUT2D eigenvalue weighted by Crippen LogP contribution is 2.34. The van der Waals surface area contributed by atoms with E-state index in [0.29, 0.717) is 6.42 Å². The molecule has 0 aromatic carbocycles. The molecule has 3 heterocycles. The summed E-state index contributed by atoms with van der Waals surface area (Å²) in [6.45, 7) is 1.79. The third kappa shape index (κ3) is 48.8. The Bertz CT molecular complexity index is 2150. The predicted molar refractivity (Wildman–Crippen MR) is 439 cm³/mol. The molecular weight excluding hydrogens is 1380 g/mol. The first kappa shape index (κ1) is 101. The van der Waals surface area contributed by atoms with Crippen molar-refractivity contribution in [3.63, 3.8) is 0 Å². The number of aliphatic hydroxyl groups is 11. The Kier molecular flexibility index (Phi) is 64.8. The quantitative estimate of drug-likeness (QED) is 0.0199. The number of nitrogens with one attached hydrogen (secondary N) is 1. The molecule has 17 unspecified atom stereocenters. The second-order valence-corrected chi connectivity index (χ2v) is 32.4. The maximum Gasteiger partial charge on any atom is 0.220 e. The van der Waals surface area contributed by atoms with Crippen LogP contribution in [0, 0.1) is 0 Å². The fraction of sp³-hybridized carbons (Fsp3) is 0.900. The van der Waals surface area contributed by atoms with Gasteiger partial charge in [-0.1, -0.05) is 371 Å². The zero-order valence-corrected chi connectivity index (χ0v) is 69.1. The summed E-state index contributed by atoms with van der Waals surface area (Å²) in [4.78, 5) is 13.5. The molecule has 0 saturated carbocycles. The third-order valence-electron chi connectivity index (χ3n) is 22.6. The number of ether oxygens (including phenoxy) is 6. The minimum Gasteiger partial charge on any atom is -0.394 e. The topological polar surface area (TPSA) is 307 Å². The summed E-state index contributed by atoms with van der Waals surface area (Å²) in [5.41, 5.74) is 0. The average Bonchev–Trinajstić information content (AvgIpc) is 0.782. The standard InChI is InChI=1S/C90H167NO18/c1-3-5-7-9-11-13-15-17-19-21-23-25-27-29-31-33-35-36-38-40-42-44-46-48-50-52-54-56-58-60-62-64-66-68-78(96)91-73(74(95)67-65-63-61-59-57-55-53-51-49-47-45-43-41-39-37-34-32-30-28-26-24-22-20-18-16-14-12-10-8-6-4-2)72-104-88-84(102)81(99)86(76(70-93)106-88)109-90-85(103)82(100)87(77(71-94)107-90)108-89-83(101)80(98)79(97)75(69-92)105-89/h15,17,21,23,27,29,65,67,73-77,79-90,92-95,97-103H,3-14,16,18-20,22,24-26,28,30-64,66,68-72H2,1-2H3,(H,91,96)/b17-15-,23-21-,29-27-,67-65+. The molecule has 3 rings (SSSR count).